The van der Waals surface area contributed by atoms with E-state index in [2.05, 4.69) is 15.4 Å². The first-order valence-corrected chi connectivity index (χ1v) is 8.77. The lowest BCUT2D eigenvalue weighted by atomic mass is 10.1. The van der Waals surface area contributed by atoms with Crippen molar-refractivity contribution in [1.82, 2.24) is 0 Å². The predicted molar refractivity (Wildman–Crippen MR) is 103 cm³/mol. The number of esters is 1. The summed E-state index contributed by atoms with van der Waals surface area (Å²) in [6.45, 7) is 2.56. The van der Waals surface area contributed by atoms with Crippen LogP contribution in [0.5, 0.6) is 5.75 Å². The minimum Gasteiger partial charge on any atom is -0.465 e. The van der Waals surface area contributed by atoms with Crippen LogP contribution in [0.4, 0.5) is 19.5 Å². The van der Waals surface area contributed by atoms with E-state index in [1.807, 2.05) is 20.8 Å². The van der Waals surface area contributed by atoms with E-state index in [1.54, 1.807) is 12.1 Å². The number of thiophene rings is 1. The number of alkyl halides is 2. The maximum absolute atomic E-state index is 12.6. The maximum Gasteiger partial charge on any atom is 0.387 e. The lowest BCUT2D eigenvalue weighted by Gasteiger charge is -2.15. The van der Waals surface area contributed by atoms with Crippen LogP contribution in [0.1, 0.15) is 26.4 Å². The van der Waals surface area contributed by atoms with Crippen LogP contribution in [0, 0.1) is 20.8 Å². The van der Waals surface area contributed by atoms with Crippen LogP contribution in [0.25, 0.3) is 0 Å². The van der Waals surface area contributed by atoms with Gasteiger partial charge in [-0.2, -0.15) is 8.78 Å². The smallest absolute Gasteiger partial charge is 0.387 e. The van der Waals surface area contributed by atoms with E-state index in [1.165, 1.54) is 24.5 Å². The molecule has 0 radical (unpaired) electrons. The summed E-state index contributed by atoms with van der Waals surface area (Å²) in [5.41, 5.74) is 2.33. The molecule has 0 bridgehead atoms. The monoisotopic (exact) mass is 400 g/mol. The van der Waals surface area contributed by atoms with Crippen molar-refractivity contribution in [2.75, 3.05) is 17.7 Å². The summed E-state index contributed by atoms with van der Waals surface area (Å²) in [7, 11) is 1.30. The average Bonchev–Trinajstić information content (AvgIpc) is 2.83. The highest BCUT2D eigenvalue weighted by atomic mass is 32.1. The van der Waals surface area contributed by atoms with Gasteiger partial charge in [-0.05, 0) is 56.2 Å². The van der Waals surface area contributed by atoms with Crippen molar-refractivity contribution < 1.29 is 23.0 Å². The van der Waals surface area contributed by atoms with E-state index in [0.717, 1.165) is 16.0 Å². The molecule has 9 heteroatoms. The molecule has 0 atom stereocenters. The van der Waals surface area contributed by atoms with E-state index in [4.69, 9.17) is 17.0 Å². The molecule has 1 heterocycles. The fourth-order valence-electron chi connectivity index (χ4n) is 2.26. The Balaban J connectivity index is 2.24. The van der Waals surface area contributed by atoms with E-state index in [0.29, 0.717) is 16.3 Å². The number of hydrogen-bond acceptors (Lipinski definition) is 5. The first kappa shape index (κ1) is 20.1. The van der Waals surface area contributed by atoms with Gasteiger partial charge in [0.05, 0.1) is 18.4 Å². The number of rotatable bonds is 5. The number of thiocarbonyl (C=S) groups is 1. The van der Waals surface area contributed by atoms with Gasteiger partial charge in [-0.25, -0.2) is 4.79 Å². The number of nitrogens with one attached hydrogen (secondary N) is 2. The number of halogens is 2. The number of anilines is 2. The number of benzene rings is 1. The molecule has 1 aromatic carbocycles. The normalized spacial score (nSPS) is 10.6. The molecule has 26 heavy (non-hydrogen) atoms. The zero-order valence-electron chi connectivity index (χ0n) is 14.6. The largest absolute Gasteiger partial charge is 0.465 e. The van der Waals surface area contributed by atoms with Crippen molar-refractivity contribution in [2.45, 2.75) is 27.4 Å². The molecule has 0 amide bonds. The third kappa shape index (κ3) is 4.67. The highest BCUT2D eigenvalue weighted by Gasteiger charge is 2.21. The second-order valence-electron chi connectivity index (χ2n) is 5.44. The molecule has 0 fully saturated rings. The fourth-order valence-corrected chi connectivity index (χ4v) is 3.59. The SMILES string of the molecule is COC(=O)c1c(NC(=S)Nc2cc(C)ccc2OC(F)F)sc(C)c1C. The van der Waals surface area contributed by atoms with Gasteiger partial charge in [0.25, 0.3) is 0 Å². The Labute approximate surface area is 159 Å². The third-order valence-electron chi connectivity index (χ3n) is 3.60. The van der Waals surface area contributed by atoms with E-state index in [9.17, 15) is 13.6 Å². The molecular formula is C17H18F2N2O3S2. The van der Waals surface area contributed by atoms with Crippen LogP contribution in [0.2, 0.25) is 0 Å². The van der Waals surface area contributed by atoms with Crippen LogP contribution in [-0.2, 0) is 4.74 Å². The van der Waals surface area contributed by atoms with Gasteiger partial charge in [0.1, 0.15) is 10.8 Å². The standard InChI is InChI=1S/C17H18F2N2O3S2/c1-8-5-6-12(24-16(18)19)11(7-8)20-17(25)21-14-13(15(22)23-4)9(2)10(3)26-14/h5-7,16H,1-4H3,(H2,20,21,25). The van der Waals surface area contributed by atoms with E-state index >= 15 is 0 Å². The molecule has 0 aliphatic heterocycles. The number of carbonyl (C=O) groups is 1. The van der Waals surface area contributed by atoms with Gasteiger partial charge in [0.2, 0.25) is 0 Å². The Morgan fingerprint density at radius 3 is 2.54 bits per heavy atom. The lowest BCUT2D eigenvalue weighted by Crippen LogP contribution is -2.21. The summed E-state index contributed by atoms with van der Waals surface area (Å²) < 4.78 is 34.4. The van der Waals surface area contributed by atoms with Crippen molar-refractivity contribution in [2.24, 2.45) is 0 Å². The van der Waals surface area contributed by atoms with Gasteiger partial charge in [-0.15, -0.1) is 11.3 Å². The number of hydrogen-bond donors (Lipinski definition) is 2. The molecule has 0 saturated carbocycles. The molecule has 0 saturated heterocycles. The average molecular weight is 400 g/mol. The molecule has 0 spiro atoms. The Morgan fingerprint density at radius 1 is 1.23 bits per heavy atom. The summed E-state index contributed by atoms with van der Waals surface area (Å²) in [6.07, 6.45) is 0. The molecule has 2 aromatic rings. The topological polar surface area (TPSA) is 59.6 Å². The number of methoxy groups -OCH3 is 1. The highest BCUT2D eigenvalue weighted by molar-refractivity contribution is 7.80. The Morgan fingerprint density at radius 2 is 1.92 bits per heavy atom. The van der Waals surface area contributed by atoms with E-state index < -0.39 is 12.6 Å². The van der Waals surface area contributed by atoms with Gasteiger partial charge in [0.15, 0.2) is 5.11 Å². The first-order chi connectivity index (χ1) is 12.2. The molecule has 2 N–H and O–H groups in total. The quantitative estimate of drug-likeness (QED) is 0.552. The molecule has 0 aliphatic rings. The van der Waals surface area contributed by atoms with E-state index in [-0.39, 0.29) is 10.9 Å². The Hall–Kier alpha value is -2.26. The van der Waals surface area contributed by atoms with Crippen LogP contribution in [-0.4, -0.2) is 24.8 Å². The maximum atomic E-state index is 12.6. The Bertz CT molecular complexity index is 838. The van der Waals surface area contributed by atoms with Gasteiger partial charge in [-0.3, -0.25) is 0 Å². The summed E-state index contributed by atoms with van der Waals surface area (Å²) in [4.78, 5) is 12.9. The molecule has 0 unspecified atom stereocenters. The summed E-state index contributed by atoms with van der Waals surface area (Å²) in [5, 5.41) is 6.43. The molecule has 1 aromatic heterocycles. The van der Waals surface area contributed by atoms with Gasteiger partial charge in [0, 0.05) is 4.88 Å². The first-order valence-electron chi connectivity index (χ1n) is 7.54. The minimum atomic E-state index is -2.95. The lowest BCUT2D eigenvalue weighted by molar-refractivity contribution is -0.0493. The van der Waals surface area contributed by atoms with Gasteiger partial charge < -0.3 is 20.1 Å². The number of carbonyl (C=O) groups excluding carboxylic acids is 1. The van der Waals surface area contributed by atoms with Crippen molar-refractivity contribution in [1.29, 1.82) is 0 Å². The molecule has 5 nitrogen and oxygen atoms in total. The van der Waals surface area contributed by atoms with Crippen molar-refractivity contribution in [3.8, 4) is 5.75 Å². The second-order valence-corrected chi connectivity index (χ2v) is 7.07. The van der Waals surface area contributed by atoms with Crippen LogP contribution in [0.3, 0.4) is 0 Å². The zero-order valence-corrected chi connectivity index (χ0v) is 16.2. The predicted octanol–water partition coefficient (Wildman–Crippen LogP) is 4.87. The molecule has 0 aliphatic carbocycles. The number of ether oxygens (including phenoxy) is 2. The minimum absolute atomic E-state index is 0.0264. The Kier molecular flexibility index (Phi) is 6.49. The van der Waals surface area contributed by atoms with Crippen LogP contribution in [0.15, 0.2) is 18.2 Å². The molecule has 2 rings (SSSR count). The third-order valence-corrected chi connectivity index (χ3v) is 4.93. The van der Waals surface area contributed by atoms with Crippen LogP contribution >= 0.6 is 23.6 Å². The molecular weight excluding hydrogens is 382 g/mol. The van der Waals surface area contributed by atoms with Crippen molar-refractivity contribution in [3.63, 3.8) is 0 Å². The van der Waals surface area contributed by atoms with Gasteiger partial charge >= 0.3 is 12.6 Å². The van der Waals surface area contributed by atoms with Crippen molar-refractivity contribution >= 4 is 45.3 Å². The summed E-state index contributed by atoms with van der Waals surface area (Å²) in [5.74, 6) is -0.504. The number of aryl methyl sites for hydroxylation is 2. The second kappa shape index (κ2) is 8.41. The summed E-state index contributed by atoms with van der Waals surface area (Å²) in [6, 6.07) is 4.73. The molecule has 140 valence electrons. The fraction of sp³-hybridized carbons (Fsp3) is 0.294. The van der Waals surface area contributed by atoms with Crippen molar-refractivity contribution in [3.05, 3.63) is 39.8 Å². The van der Waals surface area contributed by atoms with Crippen LogP contribution < -0.4 is 15.4 Å². The highest BCUT2D eigenvalue weighted by Crippen LogP contribution is 2.33. The van der Waals surface area contributed by atoms with Gasteiger partial charge in [-0.1, -0.05) is 6.07 Å². The summed E-state index contributed by atoms with van der Waals surface area (Å²) >= 11 is 6.61. The zero-order chi connectivity index (χ0) is 19.4.